The van der Waals surface area contributed by atoms with E-state index in [1.165, 1.54) is 4.68 Å². The van der Waals surface area contributed by atoms with Crippen molar-refractivity contribution in [3.63, 3.8) is 0 Å². The van der Waals surface area contributed by atoms with Gasteiger partial charge in [-0.15, -0.1) is 0 Å². The Morgan fingerprint density at radius 1 is 1.12 bits per heavy atom. The molecule has 0 atom stereocenters. The molecule has 0 aromatic carbocycles. The summed E-state index contributed by atoms with van der Waals surface area (Å²) in [7, 11) is 7.25. The first-order valence-corrected chi connectivity index (χ1v) is 4.88. The smallest absolute Gasteiger partial charge is 0.292 e. The summed E-state index contributed by atoms with van der Waals surface area (Å²) in [4.78, 5) is 26.9. The summed E-state index contributed by atoms with van der Waals surface area (Å²) in [6.07, 6.45) is 1.16. The zero-order chi connectivity index (χ0) is 12.3. The molecule has 0 N–H and O–H groups in total. The molecule has 0 spiro atoms. The minimum atomic E-state index is -0.394. The van der Waals surface area contributed by atoms with E-state index in [0.29, 0.717) is 6.67 Å². The topological polar surface area (TPSA) is 63.4 Å². The summed E-state index contributed by atoms with van der Waals surface area (Å²) in [5, 5.41) is 3.80. The average Bonchev–Trinajstić information content (AvgIpc) is 2.16. The average molecular weight is 227 g/mol. The summed E-state index contributed by atoms with van der Waals surface area (Å²) in [5.74, 6) is 0. The van der Waals surface area contributed by atoms with Crippen LogP contribution < -0.4 is 11.2 Å². The molecule has 0 aliphatic rings. The van der Waals surface area contributed by atoms with Gasteiger partial charge in [0.25, 0.3) is 5.56 Å². The van der Waals surface area contributed by atoms with Gasteiger partial charge < -0.3 is 0 Å². The van der Waals surface area contributed by atoms with Crippen LogP contribution in [0.4, 0.5) is 0 Å². The fourth-order valence-electron chi connectivity index (χ4n) is 1.25. The van der Waals surface area contributed by atoms with Crippen LogP contribution in [0.3, 0.4) is 0 Å². The molecule has 0 saturated heterocycles. The van der Waals surface area contributed by atoms with Crippen molar-refractivity contribution in [1.29, 1.82) is 0 Å². The maximum Gasteiger partial charge on any atom is 0.349 e. The van der Waals surface area contributed by atoms with E-state index in [1.54, 1.807) is 23.9 Å². The van der Waals surface area contributed by atoms with Gasteiger partial charge in [0.05, 0.1) is 13.3 Å². The monoisotopic (exact) mass is 227 g/mol. The zero-order valence-electron chi connectivity index (χ0n) is 10.0. The zero-order valence-corrected chi connectivity index (χ0v) is 10.0. The van der Waals surface area contributed by atoms with Crippen LogP contribution in [-0.2, 0) is 13.3 Å². The van der Waals surface area contributed by atoms with Crippen molar-refractivity contribution in [1.82, 2.24) is 24.1 Å². The van der Waals surface area contributed by atoms with Crippen LogP contribution in [0.5, 0.6) is 0 Å². The summed E-state index contributed by atoms with van der Waals surface area (Å²) in [5.41, 5.74) is -0.774. The number of nitrogens with zero attached hydrogens (tertiary/aromatic N) is 5. The highest BCUT2D eigenvalue weighted by atomic mass is 16.2. The third-order valence-corrected chi connectivity index (χ3v) is 1.87. The van der Waals surface area contributed by atoms with Crippen LogP contribution in [0, 0.1) is 0 Å². The Morgan fingerprint density at radius 3 is 2.19 bits per heavy atom. The highest BCUT2D eigenvalue weighted by molar-refractivity contribution is 4.75. The summed E-state index contributed by atoms with van der Waals surface area (Å²) < 4.78 is 2.40. The maximum absolute atomic E-state index is 11.9. The Balaban J connectivity index is 3.17. The van der Waals surface area contributed by atoms with Crippen molar-refractivity contribution in [3.05, 3.63) is 27.0 Å². The number of rotatable bonds is 4. The predicted octanol–water partition coefficient (Wildman–Crippen LogP) is -1.56. The normalized spacial score (nSPS) is 11.4. The van der Waals surface area contributed by atoms with Crippen LogP contribution in [0.15, 0.2) is 15.8 Å². The standard InChI is InChI=1S/C9H17N5O2/c1-11(2)6-13-8(15)5-10-14(9(13)16)7-12(3)4/h5H,6-7H2,1-4H3. The molecule has 90 valence electrons. The van der Waals surface area contributed by atoms with Crippen molar-refractivity contribution in [3.8, 4) is 0 Å². The van der Waals surface area contributed by atoms with Crippen LogP contribution in [0.25, 0.3) is 0 Å². The molecule has 0 fully saturated rings. The van der Waals surface area contributed by atoms with Crippen LogP contribution >= 0.6 is 0 Å². The minimum Gasteiger partial charge on any atom is -0.292 e. The van der Waals surface area contributed by atoms with Gasteiger partial charge in [0.2, 0.25) is 0 Å². The first-order chi connectivity index (χ1) is 7.41. The molecule has 1 rings (SSSR count). The van der Waals surface area contributed by atoms with Gasteiger partial charge in [0.15, 0.2) is 0 Å². The van der Waals surface area contributed by atoms with Crippen molar-refractivity contribution >= 4 is 0 Å². The molecule has 0 radical (unpaired) electrons. The first kappa shape index (κ1) is 12.6. The van der Waals surface area contributed by atoms with E-state index in [2.05, 4.69) is 5.10 Å². The molecule has 1 aromatic heterocycles. The molecule has 7 heteroatoms. The highest BCUT2D eigenvalue weighted by Crippen LogP contribution is 1.80. The largest absolute Gasteiger partial charge is 0.349 e. The van der Waals surface area contributed by atoms with Crippen molar-refractivity contribution < 1.29 is 0 Å². The SMILES string of the molecule is CN(C)Cn1ncc(=O)n(CN(C)C)c1=O. The van der Waals surface area contributed by atoms with Gasteiger partial charge in [0, 0.05) is 0 Å². The van der Waals surface area contributed by atoms with Crippen LogP contribution in [0.1, 0.15) is 0 Å². The van der Waals surface area contributed by atoms with Gasteiger partial charge in [-0.3, -0.25) is 14.6 Å². The van der Waals surface area contributed by atoms with Crippen LogP contribution in [0.2, 0.25) is 0 Å². The lowest BCUT2D eigenvalue weighted by atomic mass is 10.7. The highest BCUT2D eigenvalue weighted by Gasteiger charge is 2.07. The molecule has 0 unspecified atom stereocenters. The van der Waals surface area contributed by atoms with Gasteiger partial charge in [-0.2, -0.15) is 5.10 Å². The third-order valence-electron chi connectivity index (χ3n) is 1.87. The van der Waals surface area contributed by atoms with Crippen molar-refractivity contribution in [2.75, 3.05) is 28.2 Å². The molecule has 0 bridgehead atoms. The second-order valence-corrected chi connectivity index (χ2v) is 4.14. The van der Waals surface area contributed by atoms with E-state index in [4.69, 9.17) is 0 Å². The third kappa shape index (κ3) is 3.01. The number of hydrogen-bond donors (Lipinski definition) is 0. The van der Waals surface area contributed by atoms with E-state index in [0.717, 1.165) is 10.8 Å². The minimum absolute atomic E-state index is 0.258. The molecule has 1 aromatic rings. The van der Waals surface area contributed by atoms with E-state index in [-0.39, 0.29) is 12.2 Å². The maximum atomic E-state index is 11.9. The molecule has 0 aliphatic heterocycles. The van der Waals surface area contributed by atoms with E-state index < -0.39 is 5.69 Å². The second kappa shape index (κ2) is 5.04. The van der Waals surface area contributed by atoms with Gasteiger partial charge >= 0.3 is 5.69 Å². The molecule has 0 saturated carbocycles. The Bertz CT molecular complexity index is 460. The quantitative estimate of drug-likeness (QED) is 0.622. The van der Waals surface area contributed by atoms with Crippen molar-refractivity contribution in [2.45, 2.75) is 13.3 Å². The molecule has 1 heterocycles. The number of aromatic nitrogens is 3. The molecule has 7 nitrogen and oxygen atoms in total. The van der Waals surface area contributed by atoms with E-state index >= 15 is 0 Å². The second-order valence-electron chi connectivity index (χ2n) is 4.14. The lowest BCUT2D eigenvalue weighted by Crippen LogP contribution is -2.45. The van der Waals surface area contributed by atoms with Gasteiger partial charge in [-0.1, -0.05) is 0 Å². The van der Waals surface area contributed by atoms with Gasteiger partial charge in [0.1, 0.15) is 6.20 Å². The molecular formula is C9H17N5O2. The predicted molar refractivity (Wildman–Crippen MR) is 60.1 cm³/mol. The Morgan fingerprint density at radius 2 is 1.69 bits per heavy atom. The van der Waals surface area contributed by atoms with Crippen molar-refractivity contribution in [2.24, 2.45) is 0 Å². The lowest BCUT2D eigenvalue weighted by molar-refractivity contribution is 0.264. The van der Waals surface area contributed by atoms with E-state index in [9.17, 15) is 9.59 Å². The Labute approximate surface area is 93.5 Å². The molecule has 16 heavy (non-hydrogen) atoms. The molecule has 0 amide bonds. The molecule has 0 aliphatic carbocycles. The Hall–Kier alpha value is -1.47. The van der Waals surface area contributed by atoms with Gasteiger partial charge in [-0.05, 0) is 28.2 Å². The van der Waals surface area contributed by atoms with E-state index in [1.807, 2.05) is 14.1 Å². The fraction of sp³-hybridized carbons (Fsp3) is 0.667. The Kier molecular flexibility index (Phi) is 3.97. The molecular weight excluding hydrogens is 210 g/mol. The summed E-state index contributed by atoms with van der Waals surface area (Å²) in [6.45, 7) is 0.611. The lowest BCUT2D eigenvalue weighted by Gasteiger charge is -2.14. The summed E-state index contributed by atoms with van der Waals surface area (Å²) in [6, 6.07) is 0. The fourth-order valence-corrected chi connectivity index (χ4v) is 1.25. The number of hydrogen-bond acceptors (Lipinski definition) is 5. The van der Waals surface area contributed by atoms with Crippen LogP contribution in [-0.4, -0.2) is 52.3 Å². The summed E-state index contributed by atoms with van der Waals surface area (Å²) >= 11 is 0. The first-order valence-electron chi connectivity index (χ1n) is 4.88. The van der Waals surface area contributed by atoms with Gasteiger partial charge in [-0.25, -0.2) is 14.0 Å².